The summed E-state index contributed by atoms with van der Waals surface area (Å²) in [6, 6.07) is 7.89. The second-order valence-electron chi connectivity index (χ2n) is 9.68. The van der Waals surface area contributed by atoms with Crippen molar-refractivity contribution in [3.05, 3.63) is 52.1 Å². The highest BCUT2D eigenvalue weighted by atomic mass is 127. The molecule has 0 aliphatic carbocycles. The molecular formula is C24H39IO4Si. The number of aliphatic hydroxyl groups is 1. The van der Waals surface area contributed by atoms with E-state index >= 15 is 0 Å². The van der Waals surface area contributed by atoms with Crippen molar-refractivity contribution in [2.45, 2.75) is 71.6 Å². The first-order valence-electron chi connectivity index (χ1n) is 10.3. The van der Waals surface area contributed by atoms with Gasteiger partial charge in [0.2, 0.25) is 0 Å². The topological polar surface area (TPSA) is 47.9 Å². The summed E-state index contributed by atoms with van der Waals surface area (Å²) in [4.78, 5) is 0. The third-order valence-electron chi connectivity index (χ3n) is 5.91. The molecule has 0 saturated carbocycles. The highest BCUT2D eigenvalue weighted by Gasteiger charge is 2.44. The van der Waals surface area contributed by atoms with Crippen molar-refractivity contribution in [3.63, 3.8) is 0 Å². The van der Waals surface area contributed by atoms with E-state index in [1.165, 1.54) is 0 Å². The molecule has 0 saturated heterocycles. The Balaban J connectivity index is 3.28. The van der Waals surface area contributed by atoms with E-state index in [4.69, 9.17) is 13.9 Å². The van der Waals surface area contributed by atoms with Gasteiger partial charge in [0.05, 0.1) is 26.4 Å². The lowest BCUT2D eigenvalue weighted by Gasteiger charge is -2.44. The lowest BCUT2D eigenvalue weighted by atomic mass is 9.83. The highest BCUT2D eigenvalue weighted by molar-refractivity contribution is 14.1. The van der Waals surface area contributed by atoms with Crippen LogP contribution in [0.4, 0.5) is 0 Å². The summed E-state index contributed by atoms with van der Waals surface area (Å²) in [5.74, 6) is 0.821. The minimum atomic E-state index is -2.09. The molecule has 0 amide bonds. The van der Waals surface area contributed by atoms with Gasteiger partial charge in [-0.2, -0.15) is 0 Å². The van der Waals surface area contributed by atoms with Gasteiger partial charge in [0, 0.05) is 8.99 Å². The fourth-order valence-electron chi connectivity index (χ4n) is 2.68. The average molecular weight is 547 g/mol. The van der Waals surface area contributed by atoms with Gasteiger partial charge in [0.25, 0.3) is 0 Å². The van der Waals surface area contributed by atoms with Crippen molar-refractivity contribution in [3.8, 4) is 5.75 Å². The minimum absolute atomic E-state index is 0.0324. The van der Waals surface area contributed by atoms with E-state index in [0.717, 1.165) is 14.9 Å². The third-order valence-corrected chi connectivity index (χ3v) is 11.4. The Labute approximate surface area is 198 Å². The van der Waals surface area contributed by atoms with Crippen LogP contribution in [0.3, 0.4) is 0 Å². The molecule has 0 fully saturated rings. The summed E-state index contributed by atoms with van der Waals surface area (Å²) in [6.07, 6.45) is 3.18. The van der Waals surface area contributed by atoms with E-state index in [1.807, 2.05) is 30.3 Å². The lowest BCUT2D eigenvalue weighted by molar-refractivity contribution is -0.0702. The predicted octanol–water partition coefficient (Wildman–Crippen LogP) is 6.49. The Kier molecular flexibility index (Phi) is 10.3. The Morgan fingerprint density at radius 3 is 2.17 bits per heavy atom. The maximum Gasteiger partial charge on any atom is 0.193 e. The molecule has 1 rings (SSSR count). The first kappa shape index (κ1) is 27.4. The zero-order valence-corrected chi connectivity index (χ0v) is 22.9. The molecule has 0 aliphatic heterocycles. The van der Waals surface area contributed by atoms with E-state index in [2.05, 4.69) is 76.9 Å². The summed E-state index contributed by atoms with van der Waals surface area (Å²) in [6.45, 7) is 19.9. The van der Waals surface area contributed by atoms with E-state index in [9.17, 15) is 5.11 Å². The van der Waals surface area contributed by atoms with E-state index in [-0.39, 0.29) is 29.3 Å². The van der Waals surface area contributed by atoms with Gasteiger partial charge >= 0.3 is 0 Å². The summed E-state index contributed by atoms with van der Waals surface area (Å²) >= 11 is 2.27. The maximum atomic E-state index is 9.54. The Morgan fingerprint density at radius 1 is 1.17 bits per heavy atom. The molecule has 1 aromatic rings. The summed E-state index contributed by atoms with van der Waals surface area (Å²) in [7, 11) is -0.434. The van der Waals surface area contributed by atoms with Crippen LogP contribution >= 0.6 is 22.6 Å². The van der Waals surface area contributed by atoms with Crippen LogP contribution in [0.5, 0.6) is 5.75 Å². The zero-order chi connectivity index (χ0) is 23.2. The van der Waals surface area contributed by atoms with Gasteiger partial charge in [0.15, 0.2) is 8.32 Å². The Hall–Kier alpha value is -0.673. The van der Waals surface area contributed by atoms with Gasteiger partial charge < -0.3 is 19.0 Å². The van der Waals surface area contributed by atoms with Crippen molar-refractivity contribution < 1.29 is 19.0 Å². The number of hydrogen-bond acceptors (Lipinski definition) is 4. The summed E-state index contributed by atoms with van der Waals surface area (Å²) < 4.78 is 19.6. The van der Waals surface area contributed by atoms with Gasteiger partial charge in [0.1, 0.15) is 11.9 Å². The van der Waals surface area contributed by atoms with Gasteiger partial charge in [-0.05, 0) is 64.5 Å². The number of hydrogen-bond donors (Lipinski definition) is 1. The fraction of sp³-hybridized carbons (Fsp3) is 0.583. The van der Waals surface area contributed by atoms with Crippen LogP contribution in [-0.4, -0.2) is 39.3 Å². The quantitative estimate of drug-likeness (QED) is 0.196. The van der Waals surface area contributed by atoms with Crippen LogP contribution < -0.4 is 4.74 Å². The molecule has 0 heterocycles. The minimum Gasteiger partial charge on any atom is -0.497 e. The standard InChI is InChI=1S/C24H39IO4Si/c1-10-24(5,6)22(28-17-18-11-13-19(27-7)14-12-18)21(20(25)15-16-26)29-30(8,9)23(2,3)4/h10-15,21-22,26H,1,16-17H2,2-9H3/b20-15-/t21-,22+/m0/s1. The van der Waals surface area contributed by atoms with Gasteiger partial charge in [-0.25, -0.2) is 0 Å². The molecule has 0 aliphatic rings. The lowest BCUT2D eigenvalue weighted by Crippen LogP contribution is -2.51. The Bertz CT molecular complexity index is 705. The number of halogens is 1. The van der Waals surface area contributed by atoms with E-state index in [1.54, 1.807) is 13.2 Å². The molecule has 30 heavy (non-hydrogen) atoms. The van der Waals surface area contributed by atoms with Gasteiger partial charge in [-0.15, -0.1) is 6.58 Å². The van der Waals surface area contributed by atoms with Crippen LogP contribution in [0.1, 0.15) is 40.2 Å². The molecule has 0 bridgehead atoms. The van der Waals surface area contributed by atoms with Crippen LogP contribution in [-0.2, 0) is 15.8 Å². The fourth-order valence-corrected chi connectivity index (χ4v) is 4.81. The van der Waals surface area contributed by atoms with Crippen molar-refractivity contribution >= 4 is 30.9 Å². The molecule has 4 nitrogen and oxygen atoms in total. The normalized spacial score (nSPS) is 15.6. The number of methoxy groups -OCH3 is 1. The third kappa shape index (κ3) is 7.48. The van der Waals surface area contributed by atoms with Crippen LogP contribution in [0.2, 0.25) is 18.1 Å². The first-order chi connectivity index (χ1) is 13.8. The molecule has 170 valence electrons. The van der Waals surface area contributed by atoms with E-state index in [0.29, 0.717) is 6.61 Å². The predicted molar refractivity (Wildman–Crippen MR) is 137 cm³/mol. The SMILES string of the molecule is C=CC(C)(C)[C@H](OCc1ccc(OC)cc1)[C@@H](O[Si](C)(C)C(C)(C)C)/C(I)=C/CO. The van der Waals surface area contributed by atoms with Gasteiger partial charge in [-0.1, -0.05) is 52.8 Å². The zero-order valence-electron chi connectivity index (χ0n) is 19.8. The molecule has 0 aromatic heterocycles. The second-order valence-corrected chi connectivity index (χ2v) is 15.7. The second kappa shape index (κ2) is 11.3. The van der Waals surface area contributed by atoms with Crippen molar-refractivity contribution in [1.82, 2.24) is 0 Å². The van der Waals surface area contributed by atoms with Crippen LogP contribution in [0.25, 0.3) is 0 Å². The van der Waals surface area contributed by atoms with Crippen LogP contribution in [0, 0.1) is 5.41 Å². The number of ether oxygens (including phenoxy) is 2. The average Bonchev–Trinajstić information content (AvgIpc) is 2.66. The smallest absolute Gasteiger partial charge is 0.193 e. The molecule has 2 atom stereocenters. The number of rotatable bonds is 11. The molecule has 6 heteroatoms. The van der Waals surface area contributed by atoms with Crippen LogP contribution in [0.15, 0.2) is 46.6 Å². The summed E-state index contributed by atoms with van der Waals surface area (Å²) in [5, 5.41) is 9.60. The molecule has 0 spiro atoms. The molecule has 1 aromatic carbocycles. The summed E-state index contributed by atoms with van der Waals surface area (Å²) in [5.41, 5.74) is 0.729. The monoisotopic (exact) mass is 546 g/mol. The molecule has 0 unspecified atom stereocenters. The molecule has 0 radical (unpaired) electrons. The molecule has 1 N–H and O–H groups in total. The van der Waals surface area contributed by atoms with Crippen molar-refractivity contribution in [2.24, 2.45) is 5.41 Å². The number of benzene rings is 1. The highest BCUT2D eigenvalue weighted by Crippen LogP contribution is 2.42. The number of aliphatic hydroxyl groups excluding tert-OH is 1. The largest absolute Gasteiger partial charge is 0.497 e. The van der Waals surface area contributed by atoms with E-state index < -0.39 is 8.32 Å². The van der Waals surface area contributed by atoms with Crippen molar-refractivity contribution in [2.75, 3.05) is 13.7 Å². The first-order valence-corrected chi connectivity index (χ1v) is 14.3. The Morgan fingerprint density at radius 2 is 1.73 bits per heavy atom. The van der Waals surface area contributed by atoms with Gasteiger partial charge in [-0.3, -0.25) is 0 Å². The molecular weight excluding hydrogens is 507 g/mol. The van der Waals surface area contributed by atoms with Crippen molar-refractivity contribution in [1.29, 1.82) is 0 Å². The maximum absolute atomic E-state index is 9.54.